The third-order valence-corrected chi connectivity index (χ3v) is 3.34. The number of halogens is 1. The highest BCUT2D eigenvalue weighted by molar-refractivity contribution is 6.31. The average molecular weight is 296 g/mol. The highest BCUT2D eigenvalue weighted by Gasteiger charge is 2.09. The van der Waals surface area contributed by atoms with Crippen LogP contribution in [0.4, 0.5) is 11.6 Å². The van der Waals surface area contributed by atoms with Crippen LogP contribution in [0.15, 0.2) is 30.5 Å². The highest BCUT2D eigenvalue weighted by Crippen LogP contribution is 2.26. The van der Waals surface area contributed by atoms with Crippen LogP contribution in [-0.4, -0.2) is 15.0 Å². The molecule has 0 atom stereocenters. The van der Waals surface area contributed by atoms with Gasteiger partial charge in [0.1, 0.15) is 11.6 Å². The number of terminal acetylenes is 1. The molecule has 1 aromatic carbocycles. The number of pyridine rings is 1. The fourth-order valence-electron chi connectivity index (χ4n) is 1.98. The van der Waals surface area contributed by atoms with Crippen LogP contribution in [0.2, 0.25) is 5.02 Å². The van der Waals surface area contributed by atoms with E-state index in [4.69, 9.17) is 29.5 Å². The van der Waals surface area contributed by atoms with Crippen molar-refractivity contribution in [1.29, 1.82) is 0 Å². The second kappa shape index (κ2) is 4.93. The normalized spacial score (nSPS) is 10.5. The summed E-state index contributed by atoms with van der Waals surface area (Å²) < 4.78 is 0. The van der Waals surface area contributed by atoms with Crippen molar-refractivity contribution >= 4 is 34.1 Å². The second-order valence-electron chi connectivity index (χ2n) is 4.40. The van der Waals surface area contributed by atoms with Crippen LogP contribution in [0, 0.1) is 12.3 Å². The lowest BCUT2D eigenvalue weighted by Gasteiger charge is -2.07. The number of nitrogens with two attached hydrogens (primary N) is 2. The van der Waals surface area contributed by atoms with Crippen molar-refractivity contribution in [1.82, 2.24) is 15.0 Å². The van der Waals surface area contributed by atoms with Gasteiger partial charge >= 0.3 is 0 Å². The summed E-state index contributed by atoms with van der Waals surface area (Å²) in [6.45, 7) is 0. The Hall–Kier alpha value is -2.84. The molecule has 2 heterocycles. The molecule has 0 aliphatic carbocycles. The maximum absolute atomic E-state index is 6.00. The molecule has 102 valence electrons. The van der Waals surface area contributed by atoms with E-state index in [1.54, 1.807) is 30.5 Å². The fourth-order valence-corrected chi connectivity index (χ4v) is 2.15. The van der Waals surface area contributed by atoms with Gasteiger partial charge in [-0.1, -0.05) is 17.5 Å². The molecule has 5 nitrogen and oxygen atoms in total. The predicted molar refractivity (Wildman–Crippen MR) is 84.5 cm³/mol. The SMILES string of the molecule is C#Cc1cc(-c2nc(N)c3cc(N)ncc3n2)ccc1Cl. The maximum atomic E-state index is 6.00. The zero-order valence-corrected chi connectivity index (χ0v) is 11.6. The number of fused-ring (bicyclic) bond motifs is 1. The van der Waals surface area contributed by atoms with Crippen molar-refractivity contribution in [2.45, 2.75) is 0 Å². The number of aromatic nitrogens is 3. The smallest absolute Gasteiger partial charge is 0.162 e. The molecule has 0 spiro atoms. The second-order valence-corrected chi connectivity index (χ2v) is 4.80. The Kier molecular flexibility index (Phi) is 3.09. The van der Waals surface area contributed by atoms with Crippen molar-refractivity contribution < 1.29 is 0 Å². The van der Waals surface area contributed by atoms with E-state index in [2.05, 4.69) is 20.9 Å². The molecule has 0 radical (unpaired) electrons. The number of rotatable bonds is 1. The summed E-state index contributed by atoms with van der Waals surface area (Å²) in [6.07, 6.45) is 6.97. The van der Waals surface area contributed by atoms with Crippen molar-refractivity contribution in [2.75, 3.05) is 11.5 Å². The van der Waals surface area contributed by atoms with E-state index in [0.29, 0.717) is 38.9 Å². The molecule has 21 heavy (non-hydrogen) atoms. The minimum Gasteiger partial charge on any atom is -0.384 e. The van der Waals surface area contributed by atoms with Crippen LogP contribution in [0.5, 0.6) is 0 Å². The zero-order valence-electron chi connectivity index (χ0n) is 10.8. The molecule has 4 N–H and O–H groups in total. The minimum absolute atomic E-state index is 0.335. The molecular weight excluding hydrogens is 286 g/mol. The van der Waals surface area contributed by atoms with E-state index in [-0.39, 0.29) is 0 Å². The van der Waals surface area contributed by atoms with Gasteiger partial charge < -0.3 is 11.5 Å². The van der Waals surface area contributed by atoms with Crippen molar-refractivity contribution in [2.24, 2.45) is 0 Å². The van der Waals surface area contributed by atoms with Crippen LogP contribution in [-0.2, 0) is 0 Å². The van der Waals surface area contributed by atoms with E-state index < -0.39 is 0 Å². The molecule has 0 fully saturated rings. The molecule has 0 aliphatic heterocycles. The van der Waals surface area contributed by atoms with Gasteiger partial charge in [0.2, 0.25) is 0 Å². The monoisotopic (exact) mass is 295 g/mol. The Labute approximate surface area is 126 Å². The van der Waals surface area contributed by atoms with Crippen LogP contribution in [0.25, 0.3) is 22.3 Å². The Morgan fingerprint density at radius 2 is 1.95 bits per heavy atom. The van der Waals surface area contributed by atoms with E-state index in [1.807, 2.05) is 0 Å². The molecule has 0 unspecified atom stereocenters. The molecule has 6 heteroatoms. The van der Waals surface area contributed by atoms with Gasteiger partial charge in [-0.05, 0) is 24.3 Å². The lowest BCUT2D eigenvalue weighted by Crippen LogP contribution is -2.00. The molecule has 3 aromatic rings. The number of anilines is 2. The summed E-state index contributed by atoms with van der Waals surface area (Å²) in [5, 5.41) is 1.17. The van der Waals surface area contributed by atoms with Crippen LogP contribution >= 0.6 is 11.6 Å². The molecule has 0 amide bonds. The van der Waals surface area contributed by atoms with E-state index >= 15 is 0 Å². The molecule has 0 bridgehead atoms. The third-order valence-electron chi connectivity index (χ3n) is 3.01. The molecular formula is C15H10ClN5. The van der Waals surface area contributed by atoms with Gasteiger partial charge in [0.25, 0.3) is 0 Å². The number of hydrogen-bond acceptors (Lipinski definition) is 5. The van der Waals surface area contributed by atoms with Gasteiger partial charge in [-0.2, -0.15) is 0 Å². The molecule has 0 saturated carbocycles. The average Bonchev–Trinajstić information content (AvgIpc) is 2.48. The first kappa shape index (κ1) is 13.2. The number of nitrogen functional groups attached to an aromatic ring is 2. The summed E-state index contributed by atoms with van der Waals surface area (Å²) in [5.74, 6) is 3.68. The Balaban J connectivity index is 2.22. The standard InChI is InChI=1S/C15H10ClN5/c1-2-8-5-9(3-4-11(8)16)15-20-12-7-19-13(17)6-10(12)14(18)21-15/h1,3-7H,(H2,17,19)(H2,18,20,21). The van der Waals surface area contributed by atoms with Crippen molar-refractivity contribution in [3.63, 3.8) is 0 Å². The van der Waals surface area contributed by atoms with Gasteiger partial charge in [-0.15, -0.1) is 6.42 Å². The van der Waals surface area contributed by atoms with Crippen LogP contribution in [0.3, 0.4) is 0 Å². The van der Waals surface area contributed by atoms with E-state index in [0.717, 1.165) is 5.56 Å². The minimum atomic E-state index is 0.335. The van der Waals surface area contributed by atoms with Crippen LogP contribution in [0.1, 0.15) is 5.56 Å². The van der Waals surface area contributed by atoms with E-state index in [1.165, 1.54) is 0 Å². The summed E-state index contributed by atoms with van der Waals surface area (Å²) in [5.41, 5.74) is 13.5. The van der Waals surface area contributed by atoms with Crippen molar-refractivity contribution in [3.8, 4) is 23.7 Å². The van der Waals surface area contributed by atoms with Gasteiger partial charge in [0.15, 0.2) is 5.82 Å². The quantitative estimate of drug-likeness (QED) is 0.673. The van der Waals surface area contributed by atoms with Gasteiger partial charge in [-0.25, -0.2) is 15.0 Å². The van der Waals surface area contributed by atoms with E-state index in [9.17, 15) is 0 Å². The first-order valence-electron chi connectivity index (χ1n) is 6.04. The molecule has 0 aliphatic rings. The number of benzene rings is 1. The number of nitrogens with zero attached hydrogens (tertiary/aromatic N) is 3. The van der Waals surface area contributed by atoms with Crippen molar-refractivity contribution in [3.05, 3.63) is 41.0 Å². The topological polar surface area (TPSA) is 90.7 Å². The first-order valence-corrected chi connectivity index (χ1v) is 6.41. The fraction of sp³-hybridized carbons (Fsp3) is 0. The van der Waals surface area contributed by atoms with Crippen LogP contribution < -0.4 is 11.5 Å². The summed E-state index contributed by atoms with van der Waals surface area (Å²) >= 11 is 6.00. The molecule has 3 rings (SSSR count). The highest BCUT2D eigenvalue weighted by atomic mass is 35.5. The third kappa shape index (κ3) is 2.33. The summed E-state index contributed by atoms with van der Waals surface area (Å²) in [6, 6.07) is 6.88. The first-order chi connectivity index (χ1) is 10.1. The van der Waals surface area contributed by atoms with Gasteiger partial charge in [0.05, 0.1) is 16.7 Å². The Morgan fingerprint density at radius 3 is 2.71 bits per heavy atom. The molecule has 0 saturated heterocycles. The largest absolute Gasteiger partial charge is 0.384 e. The zero-order chi connectivity index (χ0) is 15.0. The van der Waals surface area contributed by atoms with Gasteiger partial charge in [-0.3, -0.25) is 0 Å². The summed E-state index contributed by atoms with van der Waals surface area (Å²) in [4.78, 5) is 12.7. The van der Waals surface area contributed by atoms with Gasteiger partial charge in [0, 0.05) is 16.5 Å². The predicted octanol–water partition coefficient (Wildman–Crippen LogP) is 2.49. The lowest BCUT2D eigenvalue weighted by atomic mass is 10.1. The Morgan fingerprint density at radius 1 is 1.14 bits per heavy atom. The number of hydrogen-bond donors (Lipinski definition) is 2. The summed E-state index contributed by atoms with van der Waals surface area (Å²) in [7, 11) is 0. The lowest BCUT2D eigenvalue weighted by molar-refractivity contribution is 1.22. The Bertz CT molecular complexity index is 898. The molecule has 2 aromatic heterocycles. The maximum Gasteiger partial charge on any atom is 0.162 e.